The molecule has 2 atom stereocenters. The lowest BCUT2D eigenvalue weighted by Crippen LogP contribution is -2.33. The second-order valence-corrected chi connectivity index (χ2v) is 6.93. The molecule has 0 saturated heterocycles. The largest absolute Gasteiger partial charge is 0.396 e. The number of hydrogen-bond donors (Lipinski definition) is 3. The summed E-state index contributed by atoms with van der Waals surface area (Å²) in [5.74, 6) is -0.178. The molecule has 5 heteroatoms. The minimum absolute atomic E-state index is 0.0625. The molecule has 0 aliphatic heterocycles. The molecule has 0 saturated carbocycles. The molecule has 1 aromatic carbocycles. The second-order valence-electron chi connectivity index (χ2n) is 6.93. The molecular weight excluding hydrogens is 292 g/mol. The minimum atomic E-state index is -0.494. The lowest BCUT2D eigenvalue weighted by atomic mass is 9.95. The lowest BCUT2D eigenvalue weighted by Gasteiger charge is -2.18. The summed E-state index contributed by atoms with van der Waals surface area (Å²) in [5.41, 5.74) is 0.608. The number of rotatable bonds is 4. The van der Waals surface area contributed by atoms with E-state index in [1.54, 1.807) is 24.3 Å². The van der Waals surface area contributed by atoms with E-state index in [-0.39, 0.29) is 30.4 Å². The quantitative estimate of drug-likeness (QED) is 0.746. The van der Waals surface area contributed by atoms with Crippen LogP contribution in [0.25, 0.3) is 0 Å². The molecule has 0 spiro atoms. The smallest absolute Gasteiger partial charge is 0.251 e. The van der Waals surface area contributed by atoms with E-state index in [1.807, 2.05) is 32.9 Å². The molecule has 2 amide bonds. The van der Waals surface area contributed by atoms with Crippen molar-refractivity contribution in [2.75, 3.05) is 11.9 Å². The van der Waals surface area contributed by atoms with Gasteiger partial charge in [-0.05, 0) is 24.6 Å². The lowest BCUT2D eigenvalue weighted by molar-refractivity contribution is -0.123. The Balaban J connectivity index is 2.00. The summed E-state index contributed by atoms with van der Waals surface area (Å²) in [4.78, 5) is 24.3. The van der Waals surface area contributed by atoms with E-state index >= 15 is 0 Å². The minimum Gasteiger partial charge on any atom is -0.396 e. The molecule has 23 heavy (non-hydrogen) atoms. The van der Waals surface area contributed by atoms with Crippen LogP contribution in [0.15, 0.2) is 36.4 Å². The van der Waals surface area contributed by atoms with Crippen molar-refractivity contribution in [3.63, 3.8) is 0 Å². The summed E-state index contributed by atoms with van der Waals surface area (Å²) in [5, 5.41) is 14.9. The van der Waals surface area contributed by atoms with E-state index < -0.39 is 5.41 Å². The van der Waals surface area contributed by atoms with Crippen LogP contribution in [0.4, 0.5) is 5.69 Å². The number of aliphatic hydroxyl groups excluding tert-OH is 1. The summed E-state index contributed by atoms with van der Waals surface area (Å²) in [6.45, 7) is 5.60. The van der Waals surface area contributed by atoms with Gasteiger partial charge in [0.25, 0.3) is 5.91 Å². The Bertz CT molecular complexity index is 617. The van der Waals surface area contributed by atoms with Crippen molar-refractivity contribution in [2.45, 2.75) is 33.2 Å². The molecule has 1 aromatic rings. The van der Waals surface area contributed by atoms with Crippen LogP contribution in [0.2, 0.25) is 0 Å². The van der Waals surface area contributed by atoms with Crippen LogP contribution in [-0.4, -0.2) is 29.6 Å². The van der Waals surface area contributed by atoms with Gasteiger partial charge >= 0.3 is 0 Å². The fourth-order valence-electron chi connectivity index (χ4n) is 2.33. The SMILES string of the molecule is CC(C)(C)C(=O)Nc1cccc(C(=O)N[C@@H]2C=C[C@H](CO)C2)c1. The van der Waals surface area contributed by atoms with Gasteiger partial charge in [-0.2, -0.15) is 0 Å². The summed E-state index contributed by atoms with van der Waals surface area (Å²) in [6, 6.07) is 6.82. The normalized spacial score (nSPS) is 20.3. The number of anilines is 1. The van der Waals surface area contributed by atoms with Crippen molar-refractivity contribution in [2.24, 2.45) is 11.3 Å². The van der Waals surface area contributed by atoms with Crippen molar-refractivity contribution >= 4 is 17.5 Å². The summed E-state index contributed by atoms with van der Waals surface area (Å²) in [6.07, 6.45) is 4.54. The Labute approximate surface area is 136 Å². The zero-order valence-corrected chi connectivity index (χ0v) is 13.8. The van der Waals surface area contributed by atoms with Gasteiger partial charge in [0.05, 0.1) is 0 Å². The second kappa shape index (κ2) is 6.96. The Morgan fingerprint density at radius 2 is 2.00 bits per heavy atom. The molecule has 2 rings (SSSR count). The van der Waals surface area contributed by atoms with Crippen molar-refractivity contribution in [3.8, 4) is 0 Å². The van der Waals surface area contributed by atoms with Crippen LogP contribution < -0.4 is 10.6 Å². The average molecular weight is 316 g/mol. The third-order valence-corrected chi connectivity index (χ3v) is 3.79. The van der Waals surface area contributed by atoms with Crippen LogP contribution in [0.3, 0.4) is 0 Å². The zero-order valence-electron chi connectivity index (χ0n) is 13.8. The van der Waals surface area contributed by atoms with Crippen molar-refractivity contribution < 1.29 is 14.7 Å². The number of carbonyl (C=O) groups excluding carboxylic acids is 2. The highest BCUT2D eigenvalue weighted by Gasteiger charge is 2.22. The Morgan fingerprint density at radius 1 is 1.26 bits per heavy atom. The Kier molecular flexibility index (Phi) is 5.21. The average Bonchev–Trinajstić information content (AvgIpc) is 2.94. The highest BCUT2D eigenvalue weighted by Crippen LogP contribution is 2.20. The first-order valence-corrected chi connectivity index (χ1v) is 7.81. The molecule has 0 heterocycles. The highest BCUT2D eigenvalue weighted by molar-refractivity contribution is 5.98. The molecule has 1 aliphatic carbocycles. The molecule has 3 N–H and O–H groups in total. The molecule has 0 aromatic heterocycles. The molecular formula is C18H24N2O3. The third-order valence-electron chi connectivity index (χ3n) is 3.79. The van der Waals surface area contributed by atoms with Crippen LogP contribution in [0, 0.1) is 11.3 Å². The molecule has 1 aliphatic rings. The maximum absolute atomic E-state index is 12.3. The number of carbonyl (C=O) groups is 2. The maximum Gasteiger partial charge on any atom is 0.251 e. The highest BCUT2D eigenvalue weighted by atomic mass is 16.3. The summed E-state index contributed by atoms with van der Waals surface area (Å²) < 4.78 is 0. The maximum atomic E-state index is 12.3. The van der Waals surface area contributed by atoms with Crippen molar-refractivity contribution in [1.29, 1.82) is 0 Å². The molecule has 5 nitrogen and oxygen atoms in total. The summed E-state index contributed by atoms with van der Waals surface area (Å²) in [7, 11) is 0. The predicted molar refractivity (Wildman–Crippen MR) is 90.1 cm³/mol. The fourth-order valence-corrected chi connectivity index (χ4v) is 2.33. The van der Waals surface area contributed by atoms with E-state index in [0.29, 0.717) is 17.7 Å². The van der Waals surface area contributed by atoms with E-state index in [9.17, 15) is 9.59 Å². The standard InChI is InChI=1S/C18H24N2O3/c1-18(2,3)17(23)20-14-6-4-5-13(10-14)16(22)19-15-8-7-12(9-15)11-21/h4-8,10,12,15,21H,9,11H2,1-3H3,(H,19,22)(H,20,23)/t12-,15+/m0/s1. The van der Waals surface area contributed by atoms with Gasteiger partial charge in [-0.15, -0.1) is 0 Å². The summed E-state index contributed by atoms with van der Waals surface area (Å²) >= 11 is 0. The monoisotopic (exact) mass is 316 g/mol. The first-order valence-electron chi connectivity index (χ1n) is 7.81. The number of nitrogens with one attached hydrogen (secondary N) is 2. The van der Waals surface area contributed by atoms with Crippen molar-refractivity contribution in [1.82, 2.24) is 5.32 Å². The number of aliphatic hydroxyl groups is 1. The molecule has 124 valence electrons. The van der Waals surface area contributed by atoms with Gasteiger partial charge in [0, 0.05) is 35.2 Å². The van der Waals surface area contributed by atoms with Crippen LogP contribution in [-0.2, 0) is 4.79 Å². The van der Waals surface area contributed by atoms with Gasteiger partial charge < -0.3 is 15.7 Å². The first-order chi connectivity index (χ1) is 10.8. The number of hydrogen-bond acceptors (Lipinski definition) is 3. The van der Waals surface area contributed by atoms with Crippen molar-refractivity contribution in [3.05, 3.63) is 42.0 Å². The van der Waals surface area contributed by atoms with Gasteiger partial charge in [-0.3, -0.25) is 9.59 Å². The van der Waals surface area contributed by atoms with Crippen LogP contribution in [0.5, 0.6) is 0 Å². The fraction of sp³-hybridized carbons (Fsp3) is 0.444. The van der Waals surface area contributed by atoms with E-state index in [0.717, 1.165) is 0 Å². The zero-order chi connectivity index (χ0) is 17.0. The molecule has 0 bridgehead atoms. The number of benzene rings is 1. The number of amides is 2. The Morgan fingerprint density at radius 3 is 2.61 bits per heavy atom. The van der Waals surface area contributed by atoms with Crippen LogP contribution in [0.1, 0.15) is 37.6 Å². The van der Waals surface area contributed by atoms with Gasteiger partial charge in [0.2, 0.25) is 5.91 Å². The van der Waals surface area contributed by atoms with E-state index in [1.165, 1.54) is 0 Å². The first kappa shape index (κ1) is 17.2. The molecule has 0 fully saturated rings. The Hall–Kier alpha value is -2.14. The molecule has 0 unspecified atom stereocenters. The molecule has 0 radical (unpaired) electrons. The topological polar surface area (TPSA) is 78.4 Å². The van der Waals surface area contributed by atoms with Gasteiger partial charge in [0.1, 0.15) is 0 Å². The van der Waals surface area contributed by atoms with Crippen LogP contribution >= 0.6 is 0 Å². The van der Waals surface area contributed by atoms with Gasteiger partial charge in [-0.25, -0.2) is 0 Å². The van der Waals surface area contributed by atoms with Gasteiger partial charge in [-0.1, -0.05) is 39.0 Å². The van der Waals surface area contributed by atoms with E-state index in [4.69, 9.17) is 5.11 Å². The van der Waals surface area contributed by atoms with E-state index in [2.05, 4.69) is 10.6 Å². The third kappa shape index (κ3) is 4.66. The van der Waals surface area contributed by atoms with Gasteiger partial charge in [0.15, 0.2) is 0 Å². The predicted octanol–water partition coefficient (Wildman–Crippen LogP) is 2.34.